The molecule has 0 atom stereocenters. The van der Waals surface area contributed by atoms with E-state index in [4.69, 9.17) is 4.74 Å². The van der Waals surface area contributed by atoms with Crippen LogP contribution in [0.25, 0.3) is 0 Å². The Morgan fingerprint density at radius 2 is 2.08 bits per heavy atom. The lowest BCUT2D eigenvalue weighted by atomic mass is 9.98. The third-order valence-electron chi connectivity index (χ3n) is 4.55. The smallest absolute Gasteiger partial charge is 0.191 e. The number of hydrogen-bond acceptors (Lipinski definition) is 4. The molecule has 0 bridgehead atoms. The van der Waals surface area contributed by atoms with Crippen molar-refractivity contribution >= 4 is 11.8 Å². The number of nitrogens with one attached hydrogen (secondary N) is 2. The van der Waals surface area contributed by atoms with Gasteiger partial charge in [-0.2, -0.15) is 0 Å². The Kier molecular flexibility index (Phi) is 9.24. The first kappa shape index (κ1) is 20.5. The highest BCUT2D eigenvalue weighted by Crippen LogP contribution is 2.20. The minimum atomic E-state index is 0.489. The van der Waals surface area contributed by atoms with Crippen LogP contribution in [-0.4, -0.2) is 50.8 Å². The van der Waals surface area contributed by atoms with Gasteiger partial charge in [0.1, 0.15) is 5.82 Å². The summed E-state index contributed by atoms with van der Waals surface area (Å²) in [5.74, 6) is 1.81. The van der Waals surface area contributed by atoms with Crippen molar-refractivity contribution in [3.8, 4) is 0 Å². The molecule has 26 heavy (non-hydrogen) atoms. The van der Waals surface area contributed by atoms with Crippen molar-refractivity contribution < 1.29 is 4.74 Å². The van der Waals surface area contributed by atoms with E-state index in [1.54, 1.807) is 0 Å². The van der Waals surface area contributed by atoms with Crippen LogP contribution in [0.5, 0.6) is 0 Å². The average molecular weight is 362 g/mol. The van der Waals surface area contributed by atoms with Gasteiger partial charge in [-0.3, -0.25) is 0 Å². The van der Waals surface area contributed by atoms with E-state index >= 15 is 0 Å². The fraction of sp³-hybridized carbons (Fsp3) is 0.700. The van der Waals surface area contributed by atoms with Crippen LogP contribution in [0.4, 0.5) is 5.82 Å². The van der Waals surface area contributed by atoms with Crippen LogP contribution >= 0.6 is 0 Å². The van der Waals surface area contributed by atoms with E-state index in [0.717, 1.165) is 43.5 Å². The van der Waals surface area contributed by atoms with Gasteiger partial charge in [0.2, 0.25) is 0 Å². The summed E-state index contributed by atoms with van der Waals surface area (Å²) in [5, 5.41) is 6.70. The van der Waals surface area contributed by atoms with Crippen molar-refractivity contribution in [2.24, 2.45) is 4.99 Å². The lowest BCUT2D eigenvalue weighted by molar-refractivity contribution is 0.0277. The van der Waals surface area contributed by atoms with E-state index in [-0.39, 0.29) is 0 Å². The van der Waals surface area contributed by atoms with Crippen molar-refractivity contribution in [3.05, 3.63) is 23.9 Å². The van der Waals surface area contributed by atoms with Crippen LogP contribution in [0.1, 0.15) is 51.0 Å². The van der Waals surface area contributed by atoms with Crippen molar-refractivity contribution in [2.75, 3.05) is 38.7 Å². The van der Waals surface area contributed by atoms with Gasteiger partial charge in [-0.15, -0.1) is 0 Å². The van der Waals surface area contributed by atoms with Gasteiger partial charge in [0.15, 0.2) is 5.96 Å². The Bertz CT molecular complexity index is 541. The van der Waals surface area contributed by atoms with Gasteiger partial charge in [-0.1, -0.05) is 19.3 Å². The molecule has 0 radical (unpaired) electrons. The monoisotopic (exact) mass is 361 g/mol. The second-order valence-electron chi connectivity index (χ2n) is 7.02. The SMILES string of the molecule is CCNC(=NCc1ccnc(N(C)C)c1)NCCCOC1CCCCC1. The Hall–Kier alpha value is -1.82. The summed E-state index contributed by atoms with van der Waals surface area (Å²) < 4.78 is 5.98. The van der Waals surface area contributed by atoms with Gasteiger partial charge >= 0.3 is 0 Å². The summed E-state index contributed by atoms with van der Waals surface area (Å²) in [7, 11) is 3.99. The summed E-state index contributed by atoms with van der Waals surface area (Å²) in [5.41, 5.74) is 1.15. The standard InChI is InChI=1S/C20H35N5O/c1-4-21-20(23-12-8-14-26-18-9-6-5-7-10-18)24-16-17-11-13-22-19(15-17)25(2)3/h11,13,15,18H,4-10,12,14,16H2,1-3H3,(H2,21,23,24). The zero-order valence-electron chi connectivity index (χ0n) is 16.6. The van der Waals surface area contributed by atoms with E-state index in [2.05, 4.69) is 33.6 Å². The van der Waals surface area contributed by atoms with Crippen LogP contribution in [0.15, 0.2) is 23.3 Å². The van der Waals surface area contributed by atoms with Crippen LogP contribution < -0.4 is 15.5 Å². The van der Waals surface area contributed by atoms with E-state index in [0.29, 0.717) is 12.6 Å². The predicted octanol–water partition coefficient (Wildman–Crippen LogP) is 2.94. The third kappa shape index (κ3) is 7.60. The Balaban J connectivity index is 1.72. The number of aromatic nitrogens is 1. The first-order valence-electron chi connectivity index (χ1n) is 9.95. The van der Waals surface area contributed by atoms with E-state index in [9.17, 15) is 0 Å². The van der Waals surface area contributed by atoms with Crippen molar-refractivity contribution in [2.45, 2.75) is 58.1 Å². The quantitative estimate of drug-likeness (QED) is 0.402. The molecule has 146 valence electrons. The van der Waals surface area contributed by atoms with E-state index < -0.39 is 0 Å². The summed E-state index contributed by atoms with van der Waals surface area (Å²) >= 11 is 0. The minimum Gasteiger partial charge on any atom is -0.378 e. The maximum Gasteiger partial charge on any atom is 0.191 e. The number of nitrogens with zero attached hydrogens (tertiary/aromatic N) is 3. The van der Waals surface area contributed by atoms with E-state index in [1.807, 2.05) is 31.3 Å². The van der Waals surface area contributed by atoms with Crippen molar-refractivity contribution in [1.29, 1.82) is 0 Å². The fourth-order valence-electron chi connectivity index (χ4n) is 3.08. The van der Waals surface area contributed by atoms with Crippen LogP contribution in [0, 0.1) is 0 Å². The highest BCUT2D eigenvalue weighted by atomic mass is 16.5. The lowest BCUT2D eigenvalue weighted by Crippen LogP contribution is -2.38. The van der Waals surface area contributed by atoms with Gasteiger partial charge in [0.05, 0.1) is 12.6 Å². The van der Waals surface area contributed by atoms with Gasteiger partial charge in [0.25, 0.3) is 0 Å². The van der Waals surface area contributed by atoms with Gasteiger partial charge in [-0.25, -0.2) is 9.98 Å². The van der Waals surface area contributed by atoms with Crippen molar-refractivity contribution in [3.63, 3.8) is 0 Å². The van der Waals surface area contributed by atoms with Gasteiger partial charge in [0, 0.05) is 40.0 Å². The highest BCUT2D eigenvalue weighted by Gasteiger charge is 2.12. The Morgan fingerprint density at radius 1 is 1.27 bits per heavy atom. The minimum absolute atomic E-state index is 0.489. The Labute approximate surface area is 158 Å². The lowest BCUT2D eigenvalue weighted by Gasteiger charge is -2.22. The zero-order chi connectivity index (χ0) is 18.6. The van der Waals surface area contributed by atoms with Gasteiger partial charge in [-0.05, 0) is 43.9 Å². The van der Waals surface area contributed by atoms with Crippen LogP contribution in [0.3, 0.4) is 0 Å². The zero-order valence-corrected chi connectivity index (χ0v) is 16.6. The number of ether oxygens (including phenoxy) is 1. The molecule has 0 aliphatic heterocycles. The largest absolute Gasteiger partial charge is 0.378 e. The van der Waals surface area contributed by atoms with Crippen LogP contribution in [-0.2, 0) is 11.3 Å². The molecular formula is C20H35N5O. The molecule has 0 saturated heterocycles. The topological polar surface area (TPSA) is 61.8 Å². The summed E-state index contributed by atoms with van der Waals surface area (Å²) in [6.45, 7) is 5.27. The molecule has 1 aromatic rings. The molecule has 0 unspecified atom stereocenters. The maximum absolute atomic E-state index is 5.98. The second-order valence-corrected chi connectivity index (χ2v) is 7.02. The molecule has 2 N–H and O–H groups in total. The Morgan fingerprint density at radius 3 is 2.81 bits per heavy atom. The molecule has 1 aliphatic carbocycles. The molecule has 1 aromatic heterocycles. The van der Waals surface area contributed by atoms with Gasteiger partial charge < -0.3 is 20.3 Å². The maximum atomic E-state index is 5.98. The molecular weight excluding hydrogens is 326 g/mol. The molecule has 1 saturated carbocycles. The average Bonchev–Trinajstić information content (AvgIpc) is 2.66. The molecule has 0 spiro atoms. The first-order chi connectivity index (χ1) is 12.7. The molecule has 0 amide bonds. The molecule has 2 rings (SSSR count). The molecule has 0 aromatic carbocycles. The molecule has 1 fully saturated rings. The molecule has 1 heterocycles. The number of guanidine groups is 1. The third-order valence-corrected chi connectivity index (χ3v) is 4.55. The first-order valence-corrected chi connectivity index (χ1v) is 9.95. The molecule has 1 aliphatic rings. The summed E-state index contributed by atoms with van der Waals surface area (Å²) in [6, 6.07) is 4.09. The van der Waals surface area contributed by atoms with Crippen molar-refractivity contribution in [1.82, 2.24) is 15.6 Å². The fourth-order valence-corrected chi connectivity index (χ4v) is 3.08. The molecule has 6 heteroatoms. The number of rotatable bonds is 9. The normalized spacial score (nSPS) is 15.7. The molecule has 6 nitrogen and oxygen atoms in total. The number of hydrogen-bond donors (Lipinski definition) is 2. The summed E-state index contributed by atoms with van der Waals surface area (Å²) in [4.78, 5) is 11.0. The number of pyridine rings is 1. The van der Waals surface area contributed by atoms with Crippen LogP contribution in [0.2, 0.25) is 0 Å². The number of anilines is 1. The van der Waals surface area contributed by atoms with E-state index in [1.165, 1.54) is 32.1 Å². The number of aliphatic imine (C=N–C) groups is 1. The summed E-state index contributed by atoms with van der Waals surface area (Å²) in [6.07, 6.45) is 9.82. The highest BCUT2D eigenvalue weighted by molar-refractivity contribution is 5.79. The second kappa shape index (κ2) is 11.7. The predicted molar refractivity (Wildman–Crippen MR) is 109 cm³/mol.